The Morgan fingerprint density at radius 1 is 1.50 bits per heavy atom. The van der Waals surface area contributed by atoms with Gasteiger partial charge in [0.1, 0.15) is 5.82 Å². The molecule has 0 fully saturated rings. The fourth-order valence-corrected chi connectivity index (χ4v) is 1.13. The number of nitrogens with two attached hydrogens (primary N) is 1. The molecular formula is C11H18N4O. The van der Waals surface area contributed by atoms with Crippen LogP contribution < -0.4 is 16.4 Å². The van der Waals surface area contributed by atoms with Gasteiger partial charge in [-0.3, -0.25) is 0 Å². The van der Waals surface area contributed by atoms with Gasteiger partial charge >= 0.3 is 6.03 Å². The van der Waals surface area contributed by atoms with Gasteiger partial charge in [0.05, 0.1) is 5.69 Å². The second-order valence-electron chi connectivity index (χ2n) is 4.80. The van der Waals surface area contributed by atoms with Crippen molar-refractivity contribution in [2.75, 3.05) is 17.2 Å². The minimum Gasteiger partial charge on any atom is -0.368 e. The third kappa shape index (κ3) is 4.16. The molecule has 0 unspecified atom stereocenters. The van der Waals surface area contributed by atoms with E-state index in [0.29, 0.717) is 11.5 Å². The van der Waals surface area contributed by atoms with Crippen LogP contribution in [0.15, 0.2) is 18.3 Å². The Bertz CT molecular complexity index is 370. The standard InChI is InChI=1S/C11H18N4O/c1-11(2,3)7-14-9-8(15-10(12)16)5-4-6-13-9/h4-6H,7H2,1-3H3,(H,13,14)(H3,12,15,16). The monoisotopic (exact) mass is 222 g/mol. The van der Waals surface area contributed by atoms with Gasteiger partial charge in [-0.1, -0.05) is 20.8 Å². The van der Waals surface area contributed by atoms with E-state index in [1.54, 1.807) is 18.3 Å². The van der Waals surface area contributed by atoms with Crippen LogP contribution in [0.1, 0.15) is 20.8 Å². The molecule has 4 N–H and O–H groups in total. The van der Waals surface area contributed by atoms with Crippen molar-refractivity contribution in [1.82, 2.24) is 4.98 Å². The van der Waals surface area contributed by atoms with E-state index in [1.165, 1.54) is 0 Å². The molecule has 5 heteroatoms. The summed E-state index contributed by atoms with van der Waals surface area (Å²) in [5, 5.41) is 5.70. The molecule has 0 saturated heterocycles. The summed E-state index contributed by atoms with van der Waals surface area (Å²) in [5.41, 5.74) is 5.81. The molecule has 1 aromatic rings. The number of pyridine rings is 1. The Morgan fingerprint density at radius 2 is 2.19 bits per heavy atom. The van der Waals surface area contributed by atoms with Crippen molar-refractivity contribution < 1.29 is 4.79 Å². The van der Waals surface area contributed by atoms with E-state index in [4.69, 9.17) is 5.73 Å². The van der Waals surface area contributed by atoms with Gasteiger partial charge in [-0.15, -0.1) is 0 Å². The molecule has 1 heterocycles. The van der Waals surface area contributed by atoms with Crippen molar-refractivity contribution in [3.8, 4) is 0 Å². The van der Waals surface area contributed by atoms with Crippen molar-refractivity contribution in [3.05, 3.63) is 18.3 Å². The molecule has 1 rings (SSSR count). The van der Waals surface area contributed by atoms with E-state index in [2.05, 4.69) is 36.4 Å². The lowest BCUT2D eigenvalue weighted by Crippen LogP contribution is -2.23. The van der Waals surface area contributed by atoms with Crippen LogP contribution >= 0.6 is 0 Å². The average molecular weight is 222 g/mol. The smallest absolute Gasteiger partial charge is 0.316 e. The number of primary amides is 1. The highest BCUT2D eigenvalue weighted by molar-refractivity contribution is 5.90. The predicted octanol–water partition coefficient (Wildman–Crippen LogP) is 2.03. The molecule has 0 aliphatic heterocycles. The van der Waals surface area contributed by atoms with Crippen molar-refractivity contribution in [3.63, 3.8) is 0 Å². The Labute approximate surface area is 95.4 Å². The number of carbonyl (C=O) groups is 1. The molecule has 0 aliphatic carbocycles. The predicted molar refractivity (Wildman–Crippen MR) is 65.4 cm³/mol. The molecule has 0 bridgehead atoms. The van der Waals surface area contributed by atoms with Gasteiger partial charge in [-0.2, -0.15) is 0 Å². The van der Waals surface area contributed by atoms with E-state index in [1.807, 2.05) is 0 Å². The Hall–Kier alpha value is -1.78. The zero-order chi connectivity index (χ0) is 12.2. The quantitative estimate of drug-likeness (QED) is 0.732. The summed E-state index contributed by atoms with van der Waals surface area (Å²) in [6, 6.07) is 2.91. The number of hydrogen-bond donors (Lipinski definition) is 3. The van der Waals surface area contributed by atoms with Crippen LogP contribution in [0.25, 0.3) is 0 Å². The second kappa shape index (κ2) is 4.83. The highest BCUT2D eigenvalue weighted by Gasteiger charge is 2.11. The van der Waals surface area contributed by atoms with E-state index in [-0.39, 0.29) is 5.41 Å². The third-order valence-electron chi connectivity index (χ3n) is 1.85. The first kappa shape index (κ1) is 12.3. The van der Waals surface area contributed by atoms with Gasteiger partial charge in [0, 0.05) is 12.7 Å². The van der Waals surface area contributed by atoms with Crippen LogP contribution in [0.2, 0.25) is 0 Å². The number of urea groups is 1. The molecule has 2 amide bonds. The zero-order valence-electron chi connectivity index (χ0n) is 9.87. The van der Waals surface area contributed by atoms with Crippen LogP contribution in [0.3, 0.4) is 0 Å². The number of rotatable bonds is 3. The fraction of sp³-hybridized carbons (Fsp3) is 0.455. The van der Waals surface area contributed by atoms with E-state index in [0.717, 1.165) is 6.54 Å². The first-order chi connectivity index (χ1) is 7.38. The average Bonchev–Trinajstić information content (AvgIpc) is 2.14. The minimum atomic E-state index is -0.591. The highest BCUT2D eigenvalue weighted by Crippen LogP contribution is 2.20. The van der Waals surface area contributed by atoms with Crippen LogP contribution in [0, 0.1) is 5.41 Å². The molecule has 1 aromatic heterocycles. The van der Waals surface area contributed by atoms with Crippen molar-refractivity contribution in [1.29, 1.82) is 0 Å². The van der Waals surface area contributed by atoms with Gasteiger partial charge in [-0.25, -0.2) is 9.78 Å². The van der Waals surface area contributed by atoms with Crippen molar-refractivity contribution >= 4 is 17.5 Å². The maximum atomic E-state index is 10.8. The molecule has 88 valence electrons. The Kier molecular flexibility index (Phi) is 3.71. The summed E-state index contributed by atoms with van der Waals surface area (Å²) >= 11 is 0. The van der Waals surface area contributed by atoms with Gasteiger partial charge in [0.15, 0.2) is 0 Å². The number of amides is 2. The highest BCUT2D eigenvalue weighted by atomic mass is 16.2. The summed E-state index contributed by atoms with van der Waals surface area (Å²) in [6.07, 6.45) is 1.66. The van der Waals surface area contributed by atoms with Crippen LogP contribution in [0.4, 0.5) is 16.3 Å². The van der Waals surface area contributed by atoms with Gasteiger partial charge in [0.25, 0.3) is 0 Å². The maximum Gasteiger partial charge on any atom is 0.316 e. The SMILES string of the molecule is CC(C)(C)CNc1ncccc1NC(N)=O. The first-order valence-electron chi connectivity index (χ1n) is 5.14. The van der Waals surface area contributed by atoms with Crippen LogP contribution in [-0.2, 0) is 0 Å². The number of aromatic nitrogens is 1. The number of hydrogen-bond acceptors (Lipinski definition) is 3. The van der Waals surface area contributed by atoms with E-state index < -0.39 is 6.03 Å². The summed E-state index contributed by atoms with van der Waals surface area (Å²) in [4.78, 5) is 14.9. The van der Waals surface area contributed by atoms with Crippen molar-refractivity contribution in [2.45, 2.75) is 20.8 Å². The van der Waals surface area contributed by atoms with Gasteiger partial charge in [-0.05, 0) is 17.5 Å². The number of nitrogens with zero attached hydrogens (tertiary/aromatic N) is 1. The van der Waals surface area contributed by atoms with Crippen molar-refractivity contribution in [2.24, 2.45) is 11.1 Å². The summed E-state index contributed by atoms with van der Waals surface area (Å²) in [7, 11) is 0. The topological polar surface area (TPSA) is 80.0 Å². The van der Waals surface area contributed by atoms with E-state index >= 15 is 0 Å². The molecule has 0 aliphatic rings. The molecule has 0 aromatic carbocycles. The zero-order valence-corrected chi connectivity index (χ0v) is 9.87. The number of carbonyl (C=O) groups excluding carboxylic acids is 1. The number of anilines is 2. The fourth-order valence-electron chi connectivity index (χ4n) is 1.13. The minimum absolute atomic E-state index is 0.140. The summed E-state index contributed by atoms with van der Waals surface area (Å²) in [5.74, 6) is 0.635. The lowest BCUT2D eigenvalue weighted by molar-refractivity contribution is 0.259. The first-order valence-corrected chi connectivity index (χ1v) is 5.14. The molecular weight excluding hydrogens is 204 g/mol. The molecule has 5 nitrogen and oxygen atoms in total. The van der Waals surface area contributed by atoms with Gasteiger partial charge < -0.3 is 16.4 Å². The van der Waals surface area contributed by atoms with Crippen LogP contribution in [-0.4, -0.2) is 17.6 Å². The normalized spacial score (nSPS) is 10.9. The largest absolute Gasteiger partial charge is 0.368 e. The molecule has 0 saturated carbocycles. The molecule has 0 atom stereocenters. The van der Waals surface area contributed by atoms with E-state index in [9.17, 15) is 4.79 Å². The lowest BCUT2D eigenvalue weighted by Gasteiger charge is -2.20. The number of nitrogens with one attached hydrogen (secondary N) is 2. The lowest BCUT2D eigenvalue weighted by atomic mass is 9.97. The van der Waals surface area contributed by atoms with Gasteiger partial charge in [0.2, 0.25) is 0 Å². The molecule has 16 heavy (non-hydrogen) atoms. The summed E-state index contributed by atoms with van der Waals surface area (Å²) < 4.78 is 0. The second-order valence-corrected chi connectivity index (χ2v) is 4.80. The molecule has 0 spiro atoms. The third-order valence-corrected chi connectivity index (χ3v) is 1.85. The molecule has 0 radical (unpaired) electrons. The Balaban J connectivity index is 2.75. The summed E-state index contributed by atoms with van der Waals surface area (Å²) in [6.45, 7) is 7.11. The maximum absolute atomic E-state index is 10.8. The Morgan fingerprint density at radius 3 is 2.75 bits per heavy atom. The van der Waals surface area contributed by atoms with Crippen LogP contribution in [0.5, 0.6) is 0 Å².